The van der Waals surface area contributed by atoms with Gasteiger partial charge in [-0.2, -0.15) is 0 Å². The van der Waals surface area contributed by atoms with Gasteiger partial charge in [-0.05, 0) is 41.8 Å². The third kappa shape index (κ3) is 6.95. The molecule has 0 aliphatic heterocycles. The summed E-state index contributed by atoms with van der Waals surface area (Å²) < 4.78 is 10.2. The number of hydrogen-bond acceptors (Lipinski definition) is 4. The highest BCUT2D eigenvalue weighted by Crippen LogP contribution is 2.13. The van der Waals surface area contributed by atoms with Crippen LogP contribution in [0.2, 0.25) is 0 Å². The van der Waals surface area contributed by atoms with Gasteiger partial charge in [0.05, 0.1) is 27.1 Å². The zero-order chi connectivity index (χ0) is 20.4. The van der Waals surface area contributed by atoms with Crippen LogP contribution >= 0.6 is 0 Å². The minimum atomic E-state index is -0.0302. The first kappa shape index (κ1) is 21.3. The Morgan fingerprint density at radius 2 is 1.36 bits per heavy atom. The van der Waals surface area contributed by atoms with E-state index < -0.39 is 0 Å². The molecular weight excluding hydrogens is 356 g/mol. The van der Waals surface area contributed by atoms with Crippen molar-refractivity contribution in [3.63, 3.8) is 0 Å². The average Bonchev–Trinajstić information content (AvgIpc) is 2.72. The molecule has 0 spiro atoms. The lowest BCUT2D eigenvalue weighted by molar-refractivity contribution is -0.129. The van der Waals surface area contributed by atoms with Crippen LogP contribution in [0.5, 0.6) is 11.5 Å². The zero-order valence-electron chi connectivity index (χ0n) is 16.7. The fraction of sp³-hybridized carbons (Fsp3) is 0.364. The standard InChI is InChI=1S/C22H28N2O4/c1-24(22(26)16-18-7-11-20(28-3)12-8-18)14-4-13-23-21(25)15-17-5-9-19(27-2)10-6-17/h5-12H,4,13-16H2,1-3H3,(H,23,25). The van der Waals surface area contributed by atoms with E-state index in [1.807, 2.05) is 48.5 Å². The van der Waals surface area contributed by atoms with E-state index >= 15 is 0 Å². The summed E-state index contributed by atoms with van der Waals surface area (Å²) in [5.74, 6) is 1.56. The second kappa shape index (κ2) is 11.0. The molecule has 2 aromatic carbocycles. The van der Waals surface area contributed by atoms with Crippen molar-refractivity contribution in [2.24, 2.45) is 0 Å². The molecule has 0 saturated carbocycles. The molecule has 0 aliphatic rings. The van der Waals surface area contributed by atoms with Crippen LogP contribution in [-0.2, 0) is 22.4 Å². The van der Waals surface area contributed by atoms with Crippen LogP contribution < -0.4 is 14.8 Å². The summed E-state index contributed by atoms with van der Waals surface area (Å²) in [6.07, 6.45) is 1.39. The Morgan fingerprint density at radius 1 is 0.857 bits per heavy atom. The van der Waals surface area contributed by atoms with Crippen LogP contribution in [0.25, 0.3) is 0 Å². The Hall–Kier alpha value is -3.02. The summed E-state index contributed by atoms with van der Waals surface area (Å²) in [5.41, 5.74) is 1.88. The van der Waals surface area contributed by atoms with Gasteiger partial charge in [-0.1, -0.05) is 24.3 Å². The molecule has 6 nitrogen and oxygen atoms in total. The lowest BCUT2D eigenvalue weighted by atomic mass is 10.1. The number of likely N-dealkylation sites (N-methyl/N-ethyl adjacent to an activating group) is 1. The van der Waals surface area contributed by atoms with E-state index in [1.54, 1.807) is 26.2 Å². The number of carbonyl (C=O) groups is 2. The molecule has 0 atom stereocenters. The molecule has 0 aromatic heterocycles. The molecule has 0 heterocycles. The van der Waals surface area contributed by atoms with Crippen molar-refractivity contribution < 1.29 is 19.1 Å². The van der Waals surface area contributed by atoms with Gasteiger partial charge in [-0.25, -0.2) is 0 Å². The number of ether oxygens (including phenoxy) is 2. The Kier molecular flexibility index (Phi) is 8.34. The highest BCUT2D eigenvalue weighted by molar-refractivity contribution is 5.79. The van der Waals surface area contributed by atoms with Gasteiger partial charge < -0.3 is 19.7 Å². The summed E-state index contributed by atoms with van der Waals surface area (Å²) in [6, 6.07) is 14.9. The van der Waals surface area contributed by atoms with Gasteiger partial charge in [-0.15, -0.1) is 0 Å². The van der Waals surface area contributed by atoms with E-state index in [4.69, 9.17) is 9.47 Å². The molecule has 0 fully saturated rings. The van der Waals surface area contributed by atoms with Crippen molar-refractivity contribution in [2.75, 3.05) is 34.4 Å². The monoisotopic (exact) mass is 384 g/mol. The molecule has 0 bridgehead atoms. The van der Waals surface area contributed by atoms with Gasteiger partial charge in [-0.3, -0.25) is 9.59 Å². The predicted molar refractivity (Wildman–Crippen MR) is 109 cm³/mol. The van der Waals surface area contributed by atoms with Crippen LogP contribution in [-0.4, -0.2) is 51.1 Å². The lowest BCUT2D eigenvalue weighted by Gasteiger charge is -2.17. The number of nitrogens with zero attached hydrogens (tertiary/aromatic N) is 1. The van der Waals surface area contributed by atoms with Gasteiger partial charge in [0, 0.05) is 20.1 Å². The predicted octanol–water partition coefficient (Wildman–Crippen LogP) is 2.45. The molecule has 0 aliphatic carbocycles. The number of methoxy groups -OCH3 is 2. The van der Waals surface area contributed by atoms with Crippen LogP contribution in [0, 0.1) is 0 Å². The number of rotatable bonds is 10. The van der Waals surface area contributed by atoms with Crippen LogP contribution in [0.3, 0.4) is 0 Å². The summed E-state index contributed by atoms with van der Waals surface area (Å²) in [4.78, 5) is 26.0. The first-order chi connectivity index (χ1) is 13.5. The normalized spacial score (nSPS) is 10.2. The topological polar surface area (TPSA) is 67.9 Å². The summed E-state index contributed by atoms with van der Waals surface area (Å²) in [6.45, 7) is 1.13. The first-order valence-corrected chi connectivity index (χ1v) is 9.28. The smallest absolute Gasteiger partial charge is 0.226 e. The number of nitrogens with one attached hydrogen (secondary N) is 1. The molecule has 0 radical (unpaired) electrons. The highest BCUT2D eigenvalue weighted by Gasteiger charge is 2.10. The molecule has 6 heteroatoms. The number of hydrogen-bond donors (Lipinski definition) is 1. The summed E-state index contributed by atoms with van der Waals surface area (Å²) >= 11 is 0. The van der Waals surface area contributed by atoms with E-state index in [9.17, 15) is 9.59 Å². The van der Waals surface area contributed by atoms with Gasteiger partial charge >= 0.3 is 0 Å². The maximum Gasteiger partial charge on any atom is 0.226 e. The number of amides is 2. The van der Waals surface area contributed by atoms with Crippen LogP contribution in [0.4, 0.5) is 0 Å². The zero-order valence-corrected chi connectivity index (χ0v) is 16.7. The minimum Gasteiger partial charge on any atom is -0.497 e. The molecule has 2 aromatic rings. The van der Waals surface area contributed by atoms with E-state index in [0.29, 0.717) is 32.4 Å². The second-order valence-corrected chi connectivity index (χ2v) is 6.57. The molecule has 150 valence electrons. The average molecular weight is 384 g/mol. The van der Waals surface area contributed by atoms with Crippen LogP contribution in [0.1, 0.15) is 17.5 Å². The van der Waals surface area contributed by atoms with Crippen molar-refractivity contribution in [1.82, 2.24) is 10.2 Å². The van der Waals surface area contributed by atoms with Crippen molar-refractivity contribution in [3.8, 4) is 11.5 Å². The SMILES string of the molecule is COc1ccc(CC(=O)NCCCN(C)C(=O)Cc2ccc(OC)cc2)cc1. The van der Waals surface area contributed by atoms with Gasteiger partial charge in [0.25, 0.3) is 0 Å². The lowest BCUT2D eigenvalue weighted by Crippen LogP contribution is -2.32. The Labute approximate surface area is 166 Å². The third-order valence-corrected chi connectivity index (χ3v) is 4.46. The van der Waals surface area contributed by atoms with Gasteiger partial charge in [0.1, 0.15) is 11.5 Å². The number of benzene rings is 2. The largest absolute Gasteiger partial charge is 0.497 e. The molecule has 2 amide bonds. The fourth-order valence-corrected chi connectivity index (χ4v) is 2.71. The van der Waals surface area contributed by atoms with Crippen molar-refractivity contribution >= 4 is 11.8 Å². The number of carbonyl (C=O) groups excluding carboxylic acids is 2. The maximum absolute atomic E-state index is 12.3. The molecule has 2 rings (SSSR count). The quantitative estimate of drug-likeness (QED) is 0.639. The minimum absolute atomic E-state index is 0.0302. The first-order valence-electron chi connectivity index (χ1n) is 9.28. The molecule has 0 unspecified atom stereocenters. The van der Waals surface area contributed by atoms with Crippen molar-refractivity contribution in [1.29, 1.82) is 0 Å². The fourth-order valence-electron chi connectivity index (χ4n) is 2.71. The van der Waals surface area contributed by atoms with E-state index in [-0.39, 0.29) is 11.8 Å². The molecule has 1 N–H and O–H groups in total. The molecule has 28 heavy (non-hydrogen) atoms. The van der Waals surface area contributed by atoms with E-state index in [1.165, 1.54) is 0 Å². The van der Waals surface area contributed by atoms with Gasteiger partial charge in [0.15, 0.2) is 0 Å². The summed E-state index contributed by atoms with van der Waals surface area (Å²) in [5, 5.41) is 2.89. The van der Waals surface area contributed by atoms with Gasteiger partial charge in [0.2, 0.25) is 11.8 Å². The van der Waals surface area contributed by atoms with E-state index in [2.05, 4.69) is 5.32 Å². The molecule has 0 saturated heterocycles. The Morgan fingerprint density at radius 3 is 1.86 bits per heavy atom. The maximum atomic E-state index is 12.3. The van der Waals surface area contributed by atoms with Crippen molar-refractivity contribution in [2.45, 2.75) is 19.3 Å². The van der Waals surface area contributed by atoms with Crippen molar-refractivity contribution in [3.05, 3.63) is 59.7 Å². The second-order valence-electron chi connectivity index (χ2n) is 6.57. The Bertz CT molecular complexity index is 757. The Balaban J connectivity index is 1.65. The van der Waals surface area contributed by atoms with Crippen LogP contribution in [0.15, 0.2) is 48.5 Å². The third-order valence-electron chi connectivity index (χ3n) is 4.46. The summed E-state index contributed by atoms with van der Waals surface area (Å²) in [7, 11) is 5.01. The highest BCUT2D eigenvalue weighted by atomic mass is 16.5. The molecular formula is C22H28N2O4. The van der Waals surface area contributed by atoms with E-state index in [0.717, 1.165) is 22.6 Å².